The Morgan fingerprint density at radius 1 is 1.50 bits per heavy atom. The molecule has 1 aliphatic rings. The first-order chi connectivity index (χ1) is 5.61. The molecule has 68 valence electrons. The highest BCUT2D eigenvalue weighted by molar-refractivity contribution is 5.98. The van der Waals surface area contributed by atoms with Crippen LogP contribution in [0.4, 0.5) is 0 Å². The summed E-state index contributed by atoms with van der Waals surface area (Å²) < 4.78 is 4.72. The zero-order valence-electron chi connectivity index (χ0n) is 6.95. The molecule has 0 spiro atoms. The predicted molar refractivity (Wildman–Crippen MR) is 41.2 cm³/mol. The van der Waals surface area contributed by atoms with E-state index in [1.54, 1.807) is 6.92 Å². The van der Waals surface area contributed by atoms with Crippen LogP contribution in [0.25, 0.3) is 0 Å². The van der Waals surface area contributed by atoms with Crippen molar-refractivity contribution in [3.63, 3.8) is 0 Å². The molecule has 1 fully saturated rings. The first kappa shape index (κ1) is 9.15. The molecule has 2 amide bonds. The molecule has 2 N–H and O–H groups in total. The minimum absolute atomic E-state index is 0.0154. The topological polar surface area (TPSA) is 72.6 Å². The molecular formula is C7H12N2O3. The smallest absolute Gasteiger partial charge is 0.255 e. The Morgan fingerprint density at radius 2 is 2.00 bits per heavy atom. The molecule has 12 heavy (non-hydrogen) atoms. The van der Waals surface area contributed by atoms with Gasteiger partial charge < -0.3 is 10.5 Å². The monoisotopic (exact) mass is 172 g/mol. The SMILES string of the molecule is CC(N)CN1C(=O)COCC1=O. The second-order valence-corrected chi connectivity index (χ2v) is 2.87. The van der Waals surface area contributed by atoms with Crippen LogP contribution in [0.5, 0.6) is 0 Å². The normalized spacial score (nSPS) is 21.3. The fourth-order valence-electron chi connectivity index (χ4n) is 1.01. The third kappa shape index (κ3) is 2.02. The zero-order chi connectivity index (χ0) is 9.14. The molecular weight excluding hydrogens is 160 g/mol. The lowest BCUT2D eigenvalue weighted by atomic mass is 10.3. The fraction of sp³-hybridized carbons (Fsp3) is 0.714. The third-order valence-electron chi connectivity index (χ3n) is 1.52. The van der Waals surface area contributed by atoms with E-state index in [1.165, 1.54) is 0 Å². The molecule has 1 saturated heterocycles. The van der Waals surface area contributed by atoms with Crippen molar-refractivity contribution in [2.24, 2.45) is 5.73 Å². The number of carbonyl (C=O) groups is 2. The number of hydrogen-bond donors (Lipinski definition) is 1. The van der Waals surface area contributed by atoms with E-state index in [1.807, 2.05) is 0 Å². The highest BCUT2D eigenvalue weighted by atomic mass is 16.5. The van der Waals surface area contributed by atoms with Crippen LogP contribution in [0.2, 0.25) is 0 Å². The molecule has 1 aliphatic heterocycles. The maximum atomic E-state index is 11.1. The lowest BCUT2D eigenvalue weighted by molar-refractivity contribution is -0.158. The van der Waals surface area contributed by atoms with Gasteiger partial charge in [0.2, 0.25) is 0 Å². The van der Waals surface area contributed by atoms with Crippen LogP contribution in [0.15, 0.2) is 0 Å². The van der Waals surface area contributed by atoms with Gasteiger partial charge in [-0.25, -0.2) is 0 Å². The summed E-state index contributed by atoms with van der Waals surface area (Å²) in [6.45, 7) is 1.99. The molecule has 1 heterocycles. The van der Waals surface area contributed by atoms with Gasteiger partial charge in [0, 0.05) is 12.6 Å². The highest BCUT2D eigenvalue weighted by Gasteiger charge is 2.26. The number of nitrogens with two attached hydrogens (primary N) is 1. The molecule has 0 aromatic rings. The average Bonchev–Trinajstić information content (AvgIpc) is 1.97. The third-order valence-corrected chi connectivity index (χ3v) is 1.52. The van der Waals surface area contributed by atoms with Gasteiger partial charge in [-0.1, -0.05) is 0 Å². The van der Waals surface area contributed by atoms with Gasteiger partial charge in [-0.2, -0.15) is 0 Å². The summed E-state index contributed by atoms with van der Waals surface area (Å²) in [6.07, 6.45) is 0. The van der Waals surface area contributed by atoms with Gasteiger partial charge in [-0.15, -0.1) is 0 Å². The van der Waals surface area contributed by atoms with E-state index in [-0.39, 0.29) is 37.6 Å². The van der Waals surface area contributed by atoms with Gasteiger partial charge in [0.25, 0.3) is 11.8 Å². The Bertz CT molecular complexity index is 187. The summed E-state index contributed by atoms with van der Waals surface area (Å²) in [5.74, 6) is -0.605. The van der Waals surface area contributed by atoms with Gasteiger partial charge in [-0.05, 0) is 6.92 Å². The van der Waals surface area contributed by atoms with Crippen LogP contribution >= 0.6 is 0 Å². The van der Waals surface area contributed by atoms with Crippen molar-refractivity contribution in [1.29, 1.82) is 0 Å². The molecule has 5 nitrogen and oxygen atoms in total. The van der Waals surface area contributed by atoms with Crippen molar-refractivity contribution in [3.8, 4) is 0 Å². The van der Waals surface area contributed by atoms with E-state index < -0.39 is 0 Å². The van der Waals surface area contributed by atoms with Crippen LogP contribution in [0.3, 0.4) is 0 Å². The Hall–Kier alpha value is -0.940. The number of ether oxygens (including phenoxy) is 1. The number of morpholine rings is 1. The van der Waals surface area contributed by atoms with E-state index in [9.17, 15) is 9.59 Å². The van der Waals surface area contributed by atoms with Crippen molar-refractivity contribution >= 4 is 11.8 Å². The summed E-state index contributed by atoms with van der Waals surface area (Å²) in [7, 11) is 0. The van der Waals surface area contributed by atoms with Crippen molar-refractivity contribution in [2.45, 2.75) is 13.0 Å². The van der Waals surface area contributed by atoms with Gasteiger partial charge in [0.05, 0.1) is 0 Å². The molecule has 5 heteroatoms. The molecule has 0 aromatic carbocycles. The van der Waals surface area contributed by atoms with Crippen molar-refractivity contribution in [1.82, 2.24) is 4.90 Å². The van der Waals surface area contributed by atoms with Crippen molar-refractivity contribution in [2.75, 3.05) is 19.8 Å². The summed E-state index contributed by atoms with van der Waals surface area (Å²) in [6, 6.07) is -0.184. The van der Waals surface area contributed by atoms with E-state index in [2.05, 4.69) is 0 Å². The van der Waals surface area contributed by atoms with Crippen molar-refractivity contribution in [3.05, 3.63) is 0 Å². The fourth-order valence-corrected chi connectivity index (χ4v) is 1.01. The quantitative estimate of drug-likeness (QED) is 0.526. The highest BCUT2D eigenvalue weighted by Crippen LogP contribution is 2.00. The van der Waals surface area contributed by atoms with Gasteiger partial charge in [-0.3, -0.25) is 14.5 Å². The summed E-state index contributed by atoms with van der Waals surface area (Å²) >= 11 is 0. The van der Waals surface area contributed by atoms with Gasteiger partial charge in [0.1, 0.15) is 13.2 Å². The van der Waals surface area contributed by atoms with E-state index in [0.29, 0.717) is 0 Å². The van der Waals surface area contributed by atoms with Crippen LogP contribution < -0.4 is 5.73 Å². The Morgan fingerprint density at radius 3 is 2.42 bits per heavy atom. The summed E-state index contributed by atoms with van der Waals surface area (Å²) in [5, 5.41) is 0. The predicted octanol–water partition coefficient (Wildman–Crippen LogP) is -1.28. The zero-order valence-corrected chi connectivity index (χ0v) is 6.95. The molecule has 0 aromatic heterocycles. The number of hydrogen-bond acceptors (Lipinski definition) is 4. The maximum absolute atomic E-state index is 11.1. The molecule has 0 radical (unpaired) electrons. The molecule has 1 unspecified atom stereocenters. The standard InChI is InChI=1S/C7H12N2O3/c1-5(8)2-9-6(10)3-12-4-7(9)11/h5H,2-4,8H2,1H3. The molecule has 0 saturated carbocycles. The van der Waals surface area contributed by atoms with Gasteiger partial charge in [0.15, 0.2) is 0 Å². The minimum Gasteiger partial charge on any atom is -0.362 e. The van der Waals surface area contributed by atoms with E-state index in [0.717, 1.165) is 4.90 Å². The molecule has 1 atom stereocenters. The number of carbonyl (C=O) groups excluding carboxylic acids is 2. The second-order valence-electron chi connectivity index (χ2n) is 2.87. The number of imide groups is 1. The molecule has 0 aliphatic carbocycles. The number of amides is 2. The Balaban J connectivity index is 2.57. The van der Waals surface area contributed by atoms with Crippen LogP contribution in [-0.2, 0) is 14.3 Å². The largest absolute Gasteiger partial charge is 0.362 e. The molecule has 1 rings (SSSR count). The Labute approximate surface area is 70.5 Å². The number of rotatable bonds is 2. The minimum atomic E-state index is -0.302. The van der Waals surface area contributed by atoms with E-state index >= 15 is 0 Å². The summed E-state index contributed by atoms with van der Waals surface area (Å²) in [4.78, 5) is 23.3. The lowest BCUT2D eigenvalue weighted by Crippen LogP contribution is -2.50. The number of nitrogens with zero attached hydrogens (tertiary/aromatic N) is 1. The summed E-state index contributed by atoms with van der Waals surface area (Å²) in [5.41, 5.74) is 5.46. The van der Waals surface area contributed by atoms with Crippen LogP contribution in [0.1, 0.15) is 6.92 Å². The lowest BCUT2D eigenvalue weighted by Gasteiger charge is -2.26. The average molecular weight is 172 g/mol. The van der Waals surface area contributed by atoms with Crippen molar-refractivity contribution < 1.29 is 14.3 Å². The maximum Gasteiger partial charge on any atom is 0.255 e. The van der Waals surface area contributed by atoms with Gasteiger partial charge >= 0.3 is 0 Å². The van der Waals surface area contributed by atoms with E-state index in [4.69, 9.17) is 10.5 Å². The Kier molecular flexibility index (Phi) is 2.78. The van der Waals surface area contributed by atoms with Crippen LogP contribution in [0, 0.1) is 0 Å². The second kappa shape index (κ2) is 3.64. The first-order valence-electron chi connectivity index (χ1n) is 3.78. The van der Waals surface area contributed by atoms with Crippen LogP contribution in [-0.4, -0.2) is 42.5 Å². The first-order valence-corrected chi connectivity index (χ1v) is 3.78. The molecule has 0 bridgehead atoms.